The van der Waals surface area contributed by atoms with E-state index in [2.05, 4.69) is 41.3 Å². The molecule has 8 atom stereocenters. The monoisotopic (exact) mass is 715 g/mol. The molecule has 47 heavy (non-hydrogen) atoms. The molecule has 0 saturated carbocycles. The molecule has 4 rings (SSSR count). The predicted octanol–water partition coefficient (Wildman–Crippen LogP) is 4.47. The first-order valence-electron chi connectivity index (χ1n) is 16.9. The van der Waals surface area contributed by atoms with Crippen molar-refractivity contribution >= 4 is 39.6 Å². The van der Waals surface area contributed by atoms with E-state index in [0.29, 0.717) is 44.3 Å². The Kier molecular flexibility index (Phi) is 13.2. The largest absolute Gasteiger partial charge is 0.455 e. The molecule has 3 aliphatic heterocycles. The molecule has 0 aliphatic carbocycles. The lowest BCUT2D eigenvalue weighted by Gasteiger charge is -2.37. The third kappa shape index (κ3) is 7.84. The number of halogens is 1. The number of ether oxygens (including phenoxy) is 2. The number of unbranched alkanes of at least 4 members (excludes halogenated alkanes) is 3. The number of aliphatic hydroxyl groups is 1. The molecule has 1 unspecified atom stereocenters. The third-order valence-corrected chi connectivity index (χ3v) is 10.4. The van der Waals surface area contributed by atoms with Crippen LogP contribution in [0.25, 0.3) is 0 Å². The number of amides is 3. The first kappa shape index (κ1) is 36.8. The lowest BCUT2D eigenvalue weighted by molar-refractivity contribution is -0.162. The minimum Gasteiger partial charge on any atom is -0.455 e. The number of aliphatic hydroxyl groups excluding tert-OH is 1. The molecule has 258 valence electrons. The van der Waals surface area contributed by atoms with Crippen molar-refractivity contribution in [3.8, 4) is 0 Å². The summed E-state index contributed by atoms with van der Waals surface area (Å²) in [6.07, 6.45) is 6.79. The number of rotatable bonds is 19. The second-order valence-corrected chi connectivity index (χ2v) is 14.0. The molecule has 2 N–H and O–H groups in total. The SMILES string of the molecule is C=CCCC(=O)N[C@@H](C)[C@H](OC(=O)[C@H]1[C@@H]2O[C@@]3(CC2Br)[C@@H]1C(=O)N(CCCCO)[C@@H]3C(=O)N(CC=C)CCCCC)c1ccccc1. The fraction of sp³-hybridized carbons (Fsp3) is 0.611. The van der Waals surface area contributed by atoms with Gasteiger partial charge in [-0.05, 0) is 44.6 Å². The van der Waals surface area contributed by atoms with Gasteiger partial charge >= 0.3 is 5.97 Å². The number of carbonyl (C=O) groups excluding carboxylic acids is 4. The lowest BCUT2D eigenvalue weighted by atomic mass is 9.70. The summed E-state index contributed by atoms with van der Waals surface area (Å²) in [6.45, 7) is 12.5. The molecule has 10 nitrogen and oxygen atoms in total. The highest BCUT2D eigenvalue weighted by Gasteiger charge is 2.77. The number of alkyl halides is 1. The molecule has 3 fully saturated rings. The second-order valence-electron chi connectivity index (χ2n) is 12.9. The van der Waals surface area contributed by atoms with E-state index in [0.717, 1.165) is 19.3 Å². The average molecular weight is 717 g/mol. The molecule has 3 aliphatic rings. The van der Waals surface area contributed by atoms with Crippen molar-refractivity contribution < 1.29 is 33.8 Å². The van der Waals surface area contributed by atoms with E-state index in [-0.39, 0.29) is 42.1 Å². The van der Waals surface area contributed by atoms with Gasteiger partial charge in [-0.15, -0.1) is 13.2 Å². The molecule has 11 heteroatoms. The van der Waals surface area contributed by atoms with Crippen LogP contribution in [0.5, 0.6) is 0 Å². The normalized spacial score (nSPS) is 27.2. The van der Waals surface area contributed by atoms with Crippen molar-refractivity contribution in [3.05, 3.63) is 61.2 Å². The van der Waals surface area contributed by atoms with E-state index in [1.165, 1.54) is 0 Å². The molecular formula is C36H50BrN3O7. The molecule has 1 spiro atoms. The molecule has 2 bridgehead atoms. The lowest BCUT2D eigenvalue weighted by Crippen LogP contribution is -2.57. The van der Waals surface area contributed by atoms with E-state index in [1.807, 2.05) is 30.3 Å². The number of hydrogen-bond donors (Lipinski definition) is 2. The van der Waals surface area contributed by atoms with E-state index >= 15 is 0 Å². The van der Waals surface area contributed by atoms with E-state index < -0.39 is 47.7 Å². The van der Waals surface area contributed by atoms with Gasteiger partial charge in [-0.2, -0.15) is 0 Å². The Bertz CT molecular complexity index is 1280. The highest BCUT2D eigenvalue weighted by molar-refractivity contribution is 9.09. The van der Waals surface area contributed by atoms with Crippen LogP contribution in [0.4, 0.5) is 0 Å². The molecule has 0 radical (unpaired) electrons. The van der Waals surface area contributed by atoms with Crippen molar-refractivity contribution in [3.63, 3.8) is 0 Å². The number of allylic oxidation sites excluding steroid dienone is 1. The maximum Gasteiger partial charge on any atom is 0.313 e. The smallest absolute Gasteiger partial charge is 0.313 e. The minimum atomic E-state index is -1.22. The van der Waals surface area contributed by atoms with Gasteiger partial charge in [0.2, 0.25) is 17.7 Å². The first-order chi connectivity index (χ1) is 22.6. The quantitative estimate of drug-likeness (QED) is 0.0938. The Morgan fingerprint density at radius 2 is 1.94 bits per heavy atom. The Balaban J connectivity index is 1.67. The molecule has 3 saturated heterocycles. The van der Waals surface area contributed by atoms with Gasteiger partial charge in [0, 0.05) is 37.5 Å². The van der Waals surface area contributed by atoms with Crippen LogP contribution in [-0.4, -0.2) is 93.5 Å². The van der Waals surface area contributed by atoms with Crippen LogP contribution < -0.4 is 5.32 Å². The molecular weight excluding hydrogens is 666 g/mol. The van der Waals surface area contributed by atoms with Crippen LogP contribution in [0.2, 0.25) is 0 Å². The van der Waals surface area contributed by atoms with Crippen LogP contribution in [0, 0.1) is 11.8 Å². The Morgan fingerprint density at radius 1 is 1.19 bits per heavy atom. The van der Waals surface area contributed by atoms with Crippen LogP contribution in [0.1, 0.15) is 76.9 Å². The van der Waals surface area contributed by atoms with Crippen LogP contribution in [-0.2, 0) is 28.7 Å². The highest BCUT2D eigenvalue weighted by atomic mass is 79.9. The number of carbonyl (C=O) groups is 4. The van der Waals surface area contributed by atoms with Crippen molar-refractivity contribution in [1.82, 2.24) is 15.1 Å². The zero-order valence-corrected chi connectivity index (χ0v) is 29.2. The number of benzene rings is 1. The van der Waals surface area contributed by atoms with Crippen molar-refractivity contribution in [1.29, 1.82) is 0 Å². The van der Waals surface area contributed by atoms with Crippen LogP contribution in [0.15, 0.2) is 55.6 Å². The molecule has 1 aromatic rings. The Morgan fingerprint density at radius 3 is 2.60 bits per heavy atom. The van der Waals surface area contributed by atoms with E-state index in [1.54, 1.807) is 28.9 Å². The summed E-state index contributed by atoms with van der Waals surface area (Å²) in [4.78, 5) is 58.8. The second kappa shape index (κ2) is 16.9. The third-order valence-electron chi connectivity index (χ3n) is 9.58. The fourth-order valence-electron chi connectivity index (χ4n) is 7.43. The summed E-state index contributed by atoms with van der Waals surface area (Å²) in [5.41, 5.74) is -0.512. The molecule has 0 aromatic heterocycles. The summed E-state index contributed by atoms with van der Waals surface area (Å²) in [7, 11) is 0. The summed E-state index contributed by atoms with van der Waals surface area (Å²) in [6, 6.07) is 7.72. The summed E-state index contributed by atoms with van der Waals surface area (Å²) >= 11 is 3.73. The van der Waals surface area contributed by atoms with Gasteiger partial charge in [0.25, 0.3) is 0 Å². The van der Waals surface area contributed by atoms with Gasteiger partial charge in [-0.1, -0.05) is 78.2 Å². The van der Waals surface area contributed by atoms with Crippen LogP contribution in [0.3, 0.4) is 0 Å². The summed E-state index contributed by atoms with van der Waals surface area (Å²) < 4.78 is 12.9. The number of nitrogens with one attached hydrogen (secondary N) is 1. The van der Waals surface area contributed by atoms with Crippen LogP contribution >= 0.6 is 15.9 Å². The topological polar surface area (TPSA) is 125 Å². The Labute approximate surface area is 287 Å². The number of fused-ring (bicyclic) bond motifs is 1. The first-order valence-corrected chi connectivity index (χ1v) is 17.8. The molecule has 3 heterocycles. The van der Waals surface area contributed by atoms with Gasteiger partial charge in [0.15, 0.2) is 0 Å². The number of hydrogen-bond acceptors (Lipinski definition) is 7. The van der Waals surface area contributed by atoms with Gasteiger partial charge in [0.05, 0.1) is 24.0 Å². The summed E-state index contributed by atoms with van der Waals surface area (Å²) in [5, 5.41) is 12.4. The minimum absolute atomic E-state index is 0.0327. The van der Waals surface area contributed by atoms with Gasteiger partial charge in [-0.3, -0.25) is 19.2 Å². The van der Waals surface area contributed by atoms with Gasteiger partial charge in [-0.25, -0.2) is 0 Å². The van der Waals surface area contributed by atoms with E-state index in [4.69, 9.17) is 9.47 Å². The predicted molar refractivity (Wildman–Crippen MR) is 182 cm³/mol. The zero-order chi connectivity index (χ0) is 34.1. The summed E-state index contributed by atoms with van der Waals surface area (Å²) in [5.74, 6) is -3.18. The maximum absolute atomic E-state index is 14.4. The maximum atomic E-state index is 14.4. The Hall–Kier alpha value is -3.02. The standard InChI is InChI=1S/C36H50BrN3O7/c1-5-8-13-20-39(19-7-3)34(44)32-36-23-26(37)31(47-36)28(29(36)33(43)40(32)21-14-15-22-41)35(45)46-30(25-16-11-10-12-17-25)24(4)38-27(42)18-9-6-2/h6-7,10-12,16-17,24,26,28-32,41H,2-3,5,8-9,13-15,18-23H2,1,4H3,(H,38,42)/t24-,26?,28+,29-,30-,31+,32+,36-/m0/s1. The highest BCUT2D eigenvalue weighted by Crippen LogP contribution is 2.60. The van der Waals surface area contributed by atoms with Gasteiger partial charge < -0.3 is 29.7 Å². The van der Waals surface area contributed by atoms with Crippen molar-refractivity contribution in [2.45, 2.75) is 99.9 Å². The number of esters is 1. The number of nitrogens with zero attached hydrogens (tertiary/aromatic N) is 2. The number of likely N-dealkylation sites (tertiary alicyclic amines) is 1. The average Bonchev–Trinajstić information content (AvgIpc) is 3.65. The zero-order valence-electron chi connectivity index (χ0n) is 27.7. The fourth-order valence-corrected chi connectivity index (χ4v) is 8.37. The van der Waals surface area contributed by atoms with Crippen molar-refractivity contribution in [2.24, 2.45) is 11.8 Å². The van der Waals surface area contributed by atoms with Crippen molar-refractivity contribution in [2.75, 3.05) is 26.2 Å². The molecule has 1 aromatic carbocycles. The van der Waals surface area contributed by atoms with Gasteiger partial charge in [0.1, 0.15) is 17.7 Å². The molecule has 3 amide bonds. The van der Waals surface area contributed by atoms with E-state index in [9.17, 15) is 24.3 Å².